The van der Waals surface area contributed by atoms with E-state index in [2.05, 4.69) is 15.0 Å². The summed E-state index contributed by atoms with van der Waals surface area (Å²) in [5, 5.41) is 29.9. The Morgan fingerprint density at radius 3 is 2.78 bits per heavy atom. The second kappa shape index (κ2) is 9.90. The Bertz CT molecular complexity index is 1360. The number of nitrogen functional groups attached to an aromatic ring is 1. The van der Waals surface area contributed by atoms with Crippen LogP contribution in [0.4, 0.5) is 10.1 Å². The number of anilines is 1. The predicted molar refractivity (Wildman–Crippen MR) is 132 cm³/mol. The van der Waals surface area contributed by atoms with Crippen molar-refractivity contribution in [1.82, 2.24) is 15.0 Å². The molecule has 0 aliphatic heterocycles. The van der Waals surface area contributed by atoms with Crippen LogP contribution in [0.3, 0.4) is 0 Å². The highest BCUT2D eigenvalue weighted by Gasteiger charge is 2.43. The highest BCUT2D eigenvalue weighted by atomic mass is 35.5. The van der Waals surface area contributed by atoms with Gasteiger partial charge in [0.15, 0.2) is 11.6 Å². The molecule has 3 heterocycles. The average molecular weight is 510 g/mol. The van der Waals surface area contributed by atoms with E-state index in [1.807, 2.05) is 13.0 Å². The molecule has 4 N–H and O–H groups in total. The molecule has 0 amide bonds. The van der Waals surface area contributed by atoms with Crippen LogP contribution in [0.5, 0.6) is 0 Å². The lowest BCUT2D eigenvalue weighted by Crippen LogP contribution is -2.49. The number of aliphatic hydroxyl groups is 2. The van der Waals surface area contributed by atoms with Crippen LogP contribution in [0, 0.1) is 23.1 Å². The van der Waals surface area contributed by atoms with Crippen molar-refractivity contribution in [2.24, 2.45) is 5.92 Å². The molecule has 186 valence electrons. The van der Waals surface area contributed by atoms with Gasteiger partial charge in [0.25, 0.3) is 0 Å². The van der Waals surface area contributed by atoms with Crippen LogP contribution >= 0.6 is 11.6 Å². The van der Waals surface area contributed by atoms with E-state index >= 15 is 0 Å². The van der Waals surface area contributed by atoms with Crippen molar-refractivity contribution in [3.8, 4) is 17.5 Å². The first-order valence-electron chi connectivity index (χ1n) is 11.4. The molecular weight excluding hydrogens is 485 g/mol. The highest BCUT2D eigenvalue weighted by Crippen LogP contribution is 2.42. The van der Waals surface area contributed by atoms with Crippen molar-refractivity contribution >= 4 is 23.1 Å². The number of ketones is 1. The highest BCUT2D eigenvalue weighted by molar-refractivity contribution is 6.30. The molecule has 1 aliphatic rings. The lowest BCUT2D eigenvalue weighted by molar-refractivity contribution is -0.123. The zero-order chi connectivity index (χ0) is 26.2. The molecular formula is C26H25ClFN5O3. The van der Waals surface area contributed by atoms with Crippen LogP contribution < -0.4 is 5.73 Å². The normalized spacial score (nSPS) is 23.8. The number of rotatable bonds is 5. The molecule has 1 saturated carbocycles. The fourth-order valence-corrected chi connectivity index (χ4v) is 4.82. The van der Waals surface area contributed by atoms with Crippen molar-refractivity contribution < 1.29 is 19.4 Å². The zero-order valence-corrected chi connectivity index (χ0v) is 20.5. The second-order valence-electron chi connectivity index (χ2n) is 9.39. The molecule has 3 aromatic rings. The summed E-state index contributed by atoms with van der Waals surface area (Å²) in [5.74, 6) is -1.43. The standard InChI is InChI=1S/C26H25ClFN5O3/c1-13-7-14(10-22(35)26(13,2)36)17-5-6-31-12-16(17)9-21(34)24-19(30)3-4-20(32-24)23-18(28)8-15(11-29)25(27)33-23/h3-6,8,12-14,22,35-36H,7,9-10,30H2,1-2H3/t13-,14+,22+,26+/m0/s1. The van der Waals surface area contributed by atoms with Crippen molar-refractivity contribution in [3.05, 3.63) is 70.0 Å². The molecule has 8 nitrogen and oxygen atoms in total. The minimum atomic E-state index is -1.18. The molecule has 0 aromatic carbocycles. The molecule has 3 aromatic heterocycles. The van der Waals surface area contributed by atoms with Crippen molar-refractivity contribution in [2.45, 2.75) is 50.7 Å². The van der Waals surface area contributed by atoms with Crippen LogP contribution in [0.15, 0.2) is 36.7 Å². The van der Waals surface area contributed by atoms with E-state index in [9.17, 15) is 19.4 Å². The van der Waals surface area contributed by atoms with Gasteiger partial charge in [-0.05, 0) is 67.0 Å². The Morgan fingerprint density at radius 2 is 2.08 bits per heavy atom. The van der Waals surface area contributed by atoms with E-state index in [1.54, 1.807) is 25.4 Å². The van der Waals surface area contributed by atoms with E-state index in [1.165, 1.54) is 12.1 Å². The summed E-state index contributed by atoms with van der Waals surface area (Å²) < 4.78 is 14.6. The largest absolute Gasteiger partial charge is 0.397 e. The fraction of sp³-hybridized carbons (Fsp3) is 0.346. The number of Topliss-reactive ketones (excluding diaryl/α,β-unsaturated/α-hetero) is 1. The Hall–Kier alpha value is -3.45. The molecule has 1 aliphatic carbocycles. The monoisotopic (exact) mass is 509 g/mol. The maximum Gasteiger partial charge on any atom is 0.187 e. The number of aliphatic hydroxyl groups excluding tert-OH is 1. The van der Waals surface area contributed by atoms with E-state index in [4.69, 9.17) is 22.6 Å². The number of aromatic nitrogens is 3. The molecule has 10 heteroatoms. The first kappa shape index (κ1) is 25.6. The number of nitrogens with zero attached hydrogens (tertiary/aromatic N) is 4. The Labute approximate surface area is 212 Å². The Balaban J connectivity index is 1.64. The van der Waals surface area contributed by atoms with Gasteiger partial charge in [0.2, 0.25) is 0 Å². The van der Waals surface area contributed by atoms with Gasteiger partial charge >= 0.3 is 0 Å². The van der Waals surface area contributed by atoms with Crippen molar-refractivity contribution in [2.75, 3.05) is 5.73 Å². The Morgan fingerprint density at radius 1 is 1.33 bits per heavy atom. The summed E-state index contributed by atoms with van der Waals surface area (Å²) in [6.07, 6.45) is 3.24. The molecule has 36 heavy (non-hydrogen) atoms. The van der Waals surface area contributed by atoms with E-state index in [0.717, 1.165) is 11.6 Å². The van der Waals surface area contributed by atoms with E-state index < -0.39 is 23.3 Å². The minimum absolute atomic E-state index is 0.0503. The second-order valence-corrected chi connectivity index (χ2v) is 9.75. The number of hydrogen-bond acceptors (Lipinski definition) is 8. The summed E-state index contributed by atoms with van der Waals surface area (Å²) in [7, 11) is 0. The molecule has 0 radical (unpaired) electrons. The first-order valence-corrected chi connectivity index (χ1v) is 11.8. The summed E-state index contributed by atoms with van der Waals surface area (Å²) in [5.41, 5.74) is 6.18. The van der Waals surface area contributed by atoms with Crippen LogP contribution in [-0.4, -0.2) is 42.7 Å². The van der Waals surface area contributed by atoms with Crippen LogP contribution in [-0.2, 0) is 6.42 Å². The van der Waals surface area contributed by atoms with E-state index in [-0.39, 0.29) is 51.7 Å². The van der Waals surface area contributed by atoms with Gasteiger partial charge in [-0.2, -0.15) is 5.26 Å². The third-order valence-electron chi connectivity index (χ3n) is 7.03. The average Bonchev–Trinajstić information content (AvgIpc) is 2.84. The quantitative estimate of drug-likeness (QED) is 0.347. The van der Waals surface area contributed by atoms with Gasteiger partial charge in [-0.15, -0.1) is 0 Å². The fourth-order valence-electron chi connectivity index (χ4n) is 4.64. The van der Waals surface area contributed by atoms with Gasteiger partial charge < -0.3 is 15.9 Å². The molecule has 4 rings (SSSR count). The smallest absolute Gasteiger partial charge is 0.187 e. The molecule has 0 spiro atoms. The maximum absolute atomic E-state index is 14.6. The molecule has 0 saturated heterocycles. The predicted octanol–water partition coefficient (Wildman–Crippen LogP) is 3.84. The number of halogens is 2. The number of nitrogens with two attached hydrogens (primary N) is 1. The summed E-state index contributed by atoms with van der Waals surface area (Å²) in [4.78, 5) is 25.7. The van der Waals surface area contributed by atoms with Crippen LogP contribution in [0.2, 0.25) is 5.15 Å². The minimum Gasteiger partial charge on any atom is -0.397 e. The van der Waals surface area contributed by atoms with Gasteiger partial charge in [-0.3, -0.25) is 9.78 Å². The van der Waals surface area contributed by atoms with Gasteiger partial charge in [0, 0.05) is 18.8 Å². The summed E-state index contributed by atoms with van der Waals surface area (Å²) >= 11 is 5.96. The van der Waals surface area contributed by atoms with Crippen molar-refractivity contribution in [3.63, 3.8) is 0 Å². The third kappa shape index (κ3) is 4.80. The van der Waals surface area contributed by atoms with Gasteiger partial charge in [0.1, 0.15) is 22.6 Å². The lowest BCUT2D eigenvalue weighted by atomic mass is 9.68. The van der Waals surface area contributed by atoms with Gasteiger partial charge in [0.05, 0.1) is 28.6 Å². The number of pyridine rings is 3. The zero-order valence-electron chi connectivity index (χ0n) is 19.7. The van der Waals surface area contributed by atoms with Crippen LogP contribution in [0.25, 0.3) is 11.4 Å². The van der Waals surface area contributed by atoms with Crippen LogP contribution in [0.1, 0.15) is 59.8 Å². The van der Waals surface area contributed by atoms with E-state index in [0.29, 0.717) is 18.4 Å². The van der Waals surface area contributed by atoms with Gasteiger partial charge in [-0.25, -0.2) is 14.4 Å². The molecule has 0 unspecified atom stereocenters. The maximum atomic E-state index is 14.6. The summed E-state index contributed by atoms with van der Waals surface area (Å²) in [6, 6.07) is 7.40. The molecule has 0 bridgehead atoms. The topological polar surface area (TPSA) is 146 Å². The van der Waals surface area contributed by atoms with Crippen molar-refractivity contribution in [1.29, 1.82) is 5.26 Å². The number of hydrogen-bond donors (Lipinski definition) is 3. The Kier molecular flexibility index (Phi) is 7.05. The number of carbonyl (C=O) groups is 1. The number of nitriles is 1. The molecule has 4 atom stereocenters. The third-order valence-corrected chi connectivity index (χ3v) is 7.32. The summed E-state index contributed by atoms with van der Waals surface area (Å²) in [6.45, 7) is 3.52. The first-order chi connectivity index (χ1) is 17.0. The SMILES string of the molecule is C[C@H]1C[C@@H](c2ccncc2CC(=O)c2nc(-c3nc(Cl)c(C#N)cc3F)ccc2N)C[C@@H](O)[C@]1(C)O. The number of carbonyl (C=O) groups excluding carboxylic acids is 1. The lowest BCUT2D eigenvalue weighted by Gasteiger charge is -2.43. The molecule has 1 fully saturated rings. The van der Waals surface area contributed by atoms with Gasteiger partial charge in [-0.1, -0.05) is 18.5 Å².